The van der Waals surface area contributed by atoms with E-state index in [1.54, 1.807) is 16.8 Å². The highest BCUT2D eigenvalue weighted by molar-refractivity contribution is 7.07. The molecule has 1 fully saturated rings. The van der Waals surface area contributed by atoms with Crippen LogP contribution in [-0.4, -0.2) is 16.9 Å². The first-order chi connectivity index (χ1) is 8.28. The molecule has 0 unspecified atom stereocenters. The molecular formula is C13H20N2OS. The van der Waals surface area contributed by atoms with E-state index in [0.29, 0.717) is 12.5 Å². The van der Waals surface area contributed by atoms with Gasteiger partial charge in [-0.2, -0.15) is 0 Å². The fourth-order valence-corrected chi connectivity index (χ4v) is 3.12. The highest BCUT2D eigenvalue weighted by atomic mass is 32.1. The van der Waals surface area contributed by atoms with Gasteiger partial charge >= 0.3 is 0 Å². The van der Waals surface area contributed by atoms with Crippen LogP contribution in [-0.2, 0) is 11.2 Å². The molecule has 0 saturated heterocycles. The van der Waals surface area contributed by atoms with E-state index < -0.39 is 0 Å². The van der Waals surface area contributed by atoms with Gasteiger partial charge in [-0.25, -0.2) is 4.98 Å². The number of amides is 1. The Balaban J connectivity index is 1.78. The van der Waals surface area contributed by atoms with Crippen molar-refractivity contribution < 1.29 is 4.79 Å². The summed E-state index contributed by atoms with van der Waals surface area (Å²) < 4.78 is 0. The number of carbonyl (C=O) groups excluding carboxylic acids is 1. The minimum atomic E-state index is 0.123. The van der Waals surface area contributed by atoms with E-state index in [0.717, 1.165) is 24.5 Å². The van der Waals surface area contributed by atoms with Gasteiger partial charge in [0, 0.05) is 11.4 Å². The van der Waals surface area contributed by atoms with Gasteiger partial charge in [0.05, 0.1) is 17.6 Å². The van der Waals surface area contributed by atoms with Crippen molar-refractivity contribution in [2.24, 2.45) is 5.92 Å². The molecule has 2 atom stereocenters. The third-order valence-corrected chi connectivity index (χ3v) is 4.19. The van der Waals surface area contributed by atoms with Crippen molar-refractivity contribution in [3.63, 3.8) is 0 Å². The lowest BCUT2D eigenvalue weighted by atomic mass is 9.84. The fourth-order valence-electron chi connectivity index (χ4n) is 2.56. The molecule has 1 aromatic heterocycles. The topological polar surface area (TPSA) is 42.0 Å². The van der Waals surface area contributed by atoms with Gasteiger partial charge in [-0.3, -0.25) is 4.79 Å². The van der Waals surface area contributed by atoms with Crippen LogP contribution in [0.1, 0.15) is 44.7 Å². The first-order valence-electron chi connectivity index (χ1n) is 6.44. The molecule has 17 heavy (non-hydrogen) atoms. The second-order valence-electron chi connectivity index (χ2n) is 4.86. The zero-order chi connectivity index (χ0) is 12.1. The molecule has 1 heterocycles. The largest absolute Gasteiger partial charge is 0.353 e. The third kappa shape index (κ3) is 3.80. The van der Waals surface area contributed by atoms with Gasteiger partial charge in [0.15, 0.2) is 0 Å². The summed E-state index contributed by atoms with van der Waals surface area (Å²) in [6, 6.07) is 0.389. The van der Waals surface area contributed by atoms with E-state index in [-0.39, 0.29) is 5.91 Å². The van der Waals surface area contributed by atoms with E-state index in [9.17, 15) is 4.79 Å². The smallest absolute Gasteiger partial charge is 0.226 e. The lowest BCUT2D eigenvalue weighted by molar-refractivity contribution is -0.121. The SMILES string of the molecule is CC[C@@H]1CCC[C@@H](NC(=O)Cc2cscn2)C1. The Morgan fingerprint density at radius 2 is 2.47 bits per heavy atom. The molecule has 4 heteroatoms. The van der Waals surface area contributed by atoms with Crippen LogP contribution in [0.5, 0.6) is 0 Å². The quantitative estimate of drug-likeness (QED) is 0.895. The summed E-state index contributed by atoms with van der Waals surface area (Å²) in [5.41, 5.74) is 2.66. The Hall–Kier alpha value is -0.900. The second kappa shape index (κ2) is 6.15. The maximum atomic E-state index is 11.8. The van der Waals surface area contributed by atoms with Crippen molar-refractivity contribution in [2.45, 2.75) is 51.5 Å². The van der Waals surface area contributed by atoms with Crippen LogP contribution in [0.3, 0.4) is 0 Å². The van der Waals surface area contributed by atoms with Crippen molar-refractivity contribution in [1.82, 2.24) is 10.3 Å². The van der Waals surface area contributed by atoms with Crippen molar-refractivity contribution in [2.75, 3.05) is 0 Å². The zero-order valence-corrected chi connectivity index (χ0v) is 11.1. The summed E-state index contributed by atoms with van der Waals surface area (Å²) in [5.74, 6) is 0.922. The van der Waals surface area contributed by atoms with Crippen molar-refractivity contribution in [3.05, 3.63) is 16.6 Å². The molecule has 0 aliphatic heterocycles. The van der Waals surface area contributed by atoms with Crippen LogP contribution in [0.4, 0.5) is 0 Å². The number of hydrogen-bond donors (Lipinski definition) is 1. The van der Waals surface area contributed by atoms with Crippen molar-refractivity contribution in [1.29, 1.82) is 0 Å². The molecule has 0 radical (unpaired) electrons. The second-order valence-corrected chi connectivity index (χ2v) is 5.58. The number of thiazole rings is 1. The van der Waals surface area contributed by atoms with Crippen LogP contribution >= 0.6 is 11.3 Å². The Morgan fingerprint density at radius 1 is 1.59 bits per heavy atom. The van der Waals surface area contributed by atoms with Gasteiger partial charge in [0.1, 0.15) is 0 Å². The lowest BCUT2D eigenvalue weighted by Crippen LogP contribution is -2.39. The predicted octanol–water partition coefficient (Wildman–Crippen LogP) is 2.77. The third-order valence-electron chi connectivity index (χ3n) is 3.55. The molecule has 2 rings (SSSR count). The van der Waals surface area contributed by atoms with E-state index in [4.69, 9.17) is 0 Å². The van der Waals surface area contributed by atoms with Gasteiger partial charge in [-0.1, -0.05) is 26.2 Å². The summed E-state index contributed by atoms with van der Waals surface area (Å²) in [4.78, 5) is 16.0. The lowest BCUT2D eigenvalue weighted by Gasteiger charge is -2.29. The van der Waals surface area contributed by atoms with Crippen LogP contribution < -0.4 is 5.32 Å². The maximum absolute atomic E-state index is 11.8. The molecule has 0 aromatic carbocycles. The first kappa shape index (κ1) is 12.6. The standard InChI is InChI=1S/C13H20N2OS/c1-2-10-4-3-5-11(6-10)15-13(16)7-12-8-17-9-14-12/h8-11H,2-7H2,1H3,(H,15,16)/t10-,11-/m1/s1. The van der Waals surface area contributed by atoms with Crippen LogP contribution in [0.15, 0.2) is 10.9 Å². The predicted molar refractivity (Wildman–Crippen MR) is 70.0 cm³/mol. The highest BCUT2D eigenvalue weighted by Crippen LogP contribution is 2.26. The maximum Gasteiger partial charge on any atom is 0.226 e. The molecule has 1 aliphatic carbocycles. The van der Waals surface area contributed by atoms with Crippen LogP contribution in [0, 0.1) is 5.92 Å². The van der Waals surface area contributed by atoms with E-state index in [1.165, 1.54) is 19.3 Å². The Bertz CT molecular complexity index is 350. The summed E-state index contributed by atoms with van der Waals surface area (Å²) in [7, 11) is 0. The van der Waals surface area contributed by atoms with Gasteiger partial charge in [0.25, 0.3) is 0 Å². The van der Waals surface area contributed by atoms with Gasteiger partial charge in [0.2, 0.25) is 5.91 Å². The number of carbonyl (C=O) groups is 1. The molecule has 1 amide bonds. The van der Waals surface area contributed by atoms with Crippen molar-refractivity contribution in [3.8, 4) is 0 Å². The molecule has 1 aromatic rings. The zero-order valence-electron chi connectivity index (χ0n) is 10.3. The number of nitrogens with zero attached hydrogens (tertiary/aromatic N) is 1. The average molecular weight is 252 g/mol. The molecule has 1 aliphatic rings. The molecule has 0 bridgehead atoms. The fraction of sp³-hybridized carbons (Fsp3) is 0.692. The van der Waals surface area contributed by atoms with Gasteiger partial charge in [-0.15, -0.1) is 11.3 Å². The summed E-state index contributed by atoms with van der Waals surface area (Å²) >= 11 is 1.54. The number of hydrogen-bond acceptors (Lipinski definition) is 3. The highest BCUT2D eigenvalue weighted by Gasteiger charge is 2.22. The van der Waals surface area contributed by atoms with E-state index in [2.05, 4.69) is 17.2 Å². The molecule has 94 valence electrons. The molecule has 1 N–H and O–H groups in total. The minimum absolute atomic E-state index is 0.123. The Morgan fingerprint density at radius 3 is 3.18 bits per heavy atom. The van der Waals surface area contributed by atoms with E-state index >= 15 is 0 Å². The number of aromatic nitrogens is 1. The van der Waals surface area contributed by atoms with Crippen LogP contribution in [0.25, 0.3) is 0 Å². The molecular weight excluding hydrogens is 232 g/mol. The minimum Gasteiger partial charge on any atom is -0.353 e. The summed E-state index contributed by atoms with van der Waals surface area (Å²) in [6.07, 6.45) is 6.53. The monoisotopic (exact) mass is 252 g/mol. The molecule has 3 nitrogen and oxygen atoms in total. The Kier molecular flexibility index (Phi) is 4.54. The van der Waals surface area contributed by atoms with E-state index in [1.807, 2.05) is 5.38 Å². The first-order valence-corrected chi connectivity index (χ1v) is 7.38. The summed E-state index contributed by atoms with van der Waals surface area (Å²) in [5, 5.41) is 5.09. The summed E-state index contributed by atoms with van der Waals surface area (Å²) in [6.45, 7) is 2.24. The number of nitrogens with one attached hydrogen (secondary N) is 1. The Labute approximate surface area is 107 Å². The molecule has 1 saturated carbocycles. The molecule has 0 spiro atoms. The average Bonchev–Trinajstić information content (AvgIpc) is 2.82. The van der Waals surface area contributed by atoms with Gasteiger partial charge in [-0.05, 0) is 18.8 Å². The van der Waals surface area contributed by atoms with Crippen LogP contribution in [0.2, 0.25) is 0 Å². The van der Waals surface area contributed by atoms with Gasteiger partial charge < -0.3 is 5.32 Å². The normalized spacial score (nSPS) is 24.5. The van der Waals surface area contributed by atoms with Crippen molar-refractivity contribution >= 4 is 17.2 Å². The number of rotatable bonds is 4.